The molecular formula is C17H17ClN2O2S. The van der Waals surface area contributed by atoms with Crippen LogP contribution in [0, 0.1) is 0 Å². The van der Waals surface area contributed by atoms with Crippen molar-refractivity contribution in [3.63, 3.8) is 0 Å². The van der Waals surface area contributed by atoms with E-state index in [1.165, 1.54) is 4.90 Å². The molecule has 0 bridgehead atoms. The van der Waals surface area contributed by atoms with E-state index < -0.39 is 15.7 Å². The van der Waals surface area contributed by atoms with E-state index >= 15 is 0 Å². The van der Waals surface area contributed by atoms with E-state index in [0.29, 0.717) is 5.02 Å². The molecule has 2 amide bonds. The molecule has 0 fully saturated rings. The van der Waals surface area contributed by atoms with Gasteiger partial charge < -0.3 is 4.90 Å². The van der Waals surface area contributed by atoms with Crippen molar-refractivity contribution in [1.82, 2.24) is 4.90 Å². The quantitative estimate of drug-likeness (QED) is 0.834. The van der Waals surface area contributed by atoms with E-state index in [1.54, 1.807) is 43.5 Å². The van der Waals surface area contributed by atoms with E-state index in [1.807, 2.05) is 30.3 Å². The number of hydrogen-bond acceptors (Lipinski definition) is 2. The molecule has 0 aromatic heterocycles. The molecule has 2 aromatic carbocycles. The molecule has 0 N–H and O–H groups in total. The molecule has 0 saturated heterocycles. The third-order valence-corrected chi connectivity index (χ3v) is 6.11. The van der Waals surface area contributed by atoms with Gasteiger partial charge in [0.05, 0.1) is 16.5 Å². The van der Waals surface area contributed by atoms with Crippen LogP contribution in [0.4, 0.5) is 10.5 Å². The Labute approximate surface area is 143 Å². The fourth-order valence-electron chi connectivity index (χ4n) is 3.24. The van der Waals surface area contributed by atoms with Crippen LogP contribution >= 0.6 is 11.6 Å². The first kappa shape index (κ1) is 16.0. The molecule has 23 heavy (non-hydrogen) atoms. The summed E-state index contributed by atoms with van der Waals surface area (Å²) in [5.41, 5.74) is 2.28. The highest BCUT2D eigenvalue weighted by Gasteiger charge is 2.51. The van der Waals surface area contributed by atoms with Gasteiger partial charge in [-0.2, -0.15) is 0 Å². The zero-order valence-corrected chi connectivity index (χ0v) is 14.7. The Morgan fingerprint density at radius 3 is 2.35 bits per heavy atom. The largest absolute Gasteiger partial charge is 0.325 e. The first-order valence-electron chi connectivity index (χ1n) is 7.11. The van der Waals surface area contributed by atoms with Gasteiger partial charge in [-0.25, -0.2) is 4.79 Å². The first-order chi connectivity index (χ1) is 10.9. The minimum atomic E-state index is -1.38. The van der Waals surface area contributed by atoms with Crippen molar-refractivity contribution in [2.75, 3.05) is 25.3 Å². The van der Waals surface area contributed by atoms with E-state index in [4.69, 9.17) is 11.6 Å². The minimum Gasteiger partial charge on any atom is -0.302 e. The molecule has 3 rings (SSSR count). The predicted octanol–water partition coefficient (Wildman–Crippen LogP) is 3.42. The number of carbonyl (C=O) groups excluding carboxylic acids is 1. The molecule has 0 spiro atoms. The van der Waals surface area contributed by atoms with Gasteiger partial charge in [-0.1, -0.05) is 41.9 Å². The Hall–Kier alpha value is -1.85. The van der Waals surface area contributed by atoms with Gasteiger partial charge in [0.25, 0.3) is 0 Å². The maximum atomic E-state index is 12.9. The number of fused-ring (bicyclic) bond motifs is 1. The summed E-state index contributed by atoms with van der Waals surface area (Å²) >= 11 is 6.21. The van der Waals surface area contributed by atoms with Gasteiger partial charge in [0.15, 0.2) is 4.87 Å². The van der Waals surface area contributed by atoms with Crippen LogP contribution in [0.15, 0.2) is 48.5 Å². The minimum absolute atomic E-state index is 0.209. The summed E-state index contributed by atoms with van der Waals surface area (Å²) in [7, 11) is 2.01. The summed E-state index contributed by atoms with van der Waals surface area (Å²) < 4.78 is 12.9. The average molecular weight is 349 g/mol. The zero-order chi connectivity index (χ0) is 16.8. The molecule has 2 aromatic rings. The lowest BCUT2D eigenvalue weighted by molar-refractivity contribution is 0.193. The number of amides is 2. The Morgan fingerprint density at radius 1 is 1.09 bits per heavy atom. The maximum absolute atomic E-state index is 12.9. The van der Waals surface area contributed by atoms with Gasteiger partial charge >= 0.3 is 6.03 Å². The van der Waals surface area contributed by atoms with E-state index in [2.05, 4.69) is 0 Å². The smallest absolute Gasteiger partial charge is 0.302 e. The van der Waals surface area contributed by atoms with Crippen molar-refractivity contribution in [2.24, 2.45) is 0 Å². The Kier molecular flexibility index (Phi) is 3.94. The van der Waals surface area contributed by atoms with Crippen LogP contribution in [-0.2, 0) is 15.7 Å². The van der Waals surface area contributed by atoms with Crippen LogP contribution in [0.1, 0.15) is 11.1 Å². The second-order valence-corrected chi connectivity index (χ2v) is 7.46. The number of hydrogen-bond donors (Lipinski definition) is 0. The Balaban J connectivity index is 2.43. The summed E-state index contributed by atoms with van der Waals surface area (Å²) in [4.78, 5) is 14.8. The third-order valence-electron chi connectivity index (χ3n) is 4.31. The molecule has 1 aliphatic heterocycles. The molecule has 0 saturated carbocycles. The summed E-state index contributed by atoms with van der Waals surface area (Å²) in [6.45, 7) is 0. The normalized spacial score (nSPS) is 22.0. The topological polar surface area (TPSA) is 40.6 Å². The molecule has 1 heterocycles. The molecule has 0 aliphatic carbocycles. The molecular weight excluding hydrogens is 332 g/mol. The monoisotopic (exact) mass is 348 g/mol. The summed E-state index contributed by atoms with van der Waals surface area (Å²) in [5, 5.41) is 0.547. The standard InChI is InChI=1S/C17H17ClN2O2S/c1-19-15-10-9-13(18)11-14(15)17(23(3)22,20(2)16(19)21)12-7-5-4-6-8-12/h4-11H,1-3H3. The highest BCUT2D eigenvalue weighted by atomic mass is 35.5. The summed E-state index contributed by atoms with van der Waals surface area (Å²) in [6.07, 6.45) is 1.62. The Morgan fingerprint density at radius 2 is 1.74 bits per heavy atom. The van der Waals surface area contributed by atoms with Crippen molar-refractivity contribution < 1.29 is 9.00 Å². The number of benzene rings is 2. The van der Waals surface area contributed by atoms with Crippen molar-refractivity contribution >= 4 is 34.1 Å². The maximum Gasteiger partial charge on any atom is 0.325 e. The lowest BCUT2D eigenvalue weighted by Crippen LogP contribution is -2.58. The Bertz CT molecular complexity index is 796. The van der Waals surface area contributed by atoms with Crippen LogP contribution in [0.5, 0.6) is 0 Å². The predicted molar refractivity (Wildman–Crippen MR) is 94.3 cm³/mol. The lowest BCUT2D eigenvalue weighted by Gasteiger charge is -2.47. The van der Waals surface area contributed by atoms with Crippen molar-refractivity contribution in [2.45, 2.75) is 4.87 Å². The van der Waals surface area contributed by atoms with Crippen LogP contribution < -0.4 is 4.90 Å². The number of carbonyl (C=O) groups is 1. The van der Waals surface area contributed by atoms with Gasteiger partial charge in [0.2, 0.25) is 0 Å². The average Bonchev–Trinajstić information content (AvgIpc) is 2.54. The fraction of sp³-hybridized carbons (Fsp3) is 0.235. The third kappa shape index (κ3) is 2.18. The molecule has 2 unspecified atom stereocenters. The van der Waals surface area contributed by atoms with Gasteiger partial charge in [-0.05, 0) is 23.8 Å². The number of nitrogens with zero attached hydrogens (tertiary/aromatic N) is 2. The van der Waals surface area contributed by atoms with E-state index in [9.17, 15) is 9.00 Å². The molecule has 2 atom stereocenters. The first-order valence-corrected chi connectivity index (χ1v) is 9.05. The van der Waals surface area contributed by atoms with Crippen molar-refractivity contribution in [1.29, 1.82) is 0 Å². The van der Waals surface area contributed by atoms with E-state index in [0.717, 1.165) is 16.8 Å². The SMILES string of the molecule is CN1C(=O)N(C)C(c2ccccc2)(S(C)=O)c2cc(Cl)ccc21. The van der Waals surface area contributed by atoms with Gasteiger partial charge in [0.1, 0.15) is 0 Å². The molecule has 0 radical (unpaired) electrons. The molecule has 4 nitrogen and oxygen atoms in total. The van der Waals surface area contributed by atoms with Crippen LogP contribution in [0.2, 0.25) is 5.02 Å². The summed E-state index contributed by atoms with van der Waals surface area (Å²) in [5.74, 6) is 0. The molecule has 1 aliphatic rings. The second-order valence-electron chi connectivity index (χ2n) is 5.53. The summed E-state index contributed by atoms with van der Waals surface area (Å²) in [6, 6.07) is 14.6. The van der Waals surface area contributed by atoms with Crippen LogP contribution in [-0.4, -0.2) is 35.5 Å². The highest BCUT2D eigenvalue weighted by molar-refractivity contribution is 7.85. The van der Waals surface area contributed by atoms with Crippen LogP contribution in [0.25, 0.3) is 0 Å². The highest BCUT2D eigenvalue weighted by Crippen LogP contribution is 2.47. The van der Waals surface area contributed by atoms with Crippen LogP contribution in [0.3, 0.4) is 0 Å². The van der Waals surface area contributed by atoms with Gasteiger partial charge in [-0.15, -0.1) is 0 Å². The zero-order valence-electron chi connectivity index (χ0n) is 13.1. The van der Waals surface area contributed by atoms with E-state index in [-0.39, 0.29) is 6.03 Å². The number of rotatable bonds is 2. The van der Waals surface area contributed by atoms with Crippen molar-refractivity contribution in [3.8, 4) is 0 Å². The lowest BCUT2D eigenvalue weighted by atomic mass is 9.93. The van der Waals surface area contributed by atoms with Crippen molar-refractivity contribution in [3.05, 3.63) is 64.7 Å². The molecule has 6 heteroatoms. The number of anilines is 1. The molecule has 120 valence electrons. The number of halogens is 1. The van der Waals surface area contributed by atoms with Gasteiger partial charge in [-0.3, -0.25) is 9.11 Å². The van der Waals surface area contributed by atoms with Gasteiger partial charge in [0, 0.05) is 30.9 Å². The number of urea groups is 1. The second kappa shape index (κ2) is 5.65. The fourth-order valence-corrected chi connectivity index (χ4v) is 4.82.